The fraction of sp³-hybridized carbons (Fsp3) is 1.00. The molecule has 2 bridgehead atoms. The Labute approximate surface area is 113 Å². The molecule has 3 atom stereocenters. The van der Waals surface area contributed by atoms with Gasteiger partial charge in [-0.15, -0.1) is 0 Å². The molecule has 18 heavy (non-hydrogen) atoms. The third kappa shape index (κ3) is 2.61. The topological polar surface area (TPSA) is 12.0 Å². The molecule has 1 heteroatoms. The van der Waals surface area contributed by atoms with Gasteiger partial charge in [-0.3, -0.25) is 0 Å². The Balaban J connectivity index is 1.49. The first-order valence-electron chi connectivity index (χ1n) is 8.38. The number of hydrogen-bond donors (Lipinski definition) is 1. The van der Waals surface area contributed by atoms with Crippen molar-refractivity contribution < 1.29 is 0 Å². The molecule has 0 aromatic carbocycles. The van der Waals surface area contributed by atoms with E-state index in [1.807, 2.05) is 0 Å². The van der Waals surface area contributed by atoms with Gasteiger partial charge in [-0.05, 0) is 74.2 Å². The van der Waals surface area contributed by atoms with Gasteiger partial charge in [-0.25, -0.2) is 0 Å². The normalized spacial score (nSPS) is 37.2. The first-order chi connectivity index (χ1) is 8.67. The lowest BCUT2D eigenvalue weighted by atomic mass is 9.62. The van der Waals surface area contributed by atoms with Crippen LogP contribution < -0.4 is 5.32 Å². The average Bonchev–Trinajstić information content (AvgIpc) is 2.86. The maximum absolute atomic E-state index is 3.75. The van der Waals surface area contributed by atoms with Crippen LogP contribution in [0.1, 0.15) is 65.2 Å². The van der Waals surface area contributed by atoms with E-state index in [0.29, 0.717) is 5.41 Å². The zero-order chi connectivity index (χ0) is 12.6. The summed E-state index contributed by atoms with van der Waals surface area (Å²) in [5.41, 5.74) is 0.712. The van der Waals surface area contributed by atoms with E-state index in [1.54, 1.807) is 32.1 Å². The van der Waals surface area contributed by atoms with Crippen LogP contribution in [0.3, 0.4) is 0 Å². The highest BCUT2D eigenvalue weighted by Crippen LogP contribution is 2.55. The molecule has 3 saturated carbocycles. The zero-order valence-corrected chi connectivity index (χ0v) is 12.4. The zero-order valence-electron chi connectivity index (χ0n) is 12.4. The summed E-state index contributed by atoms with van der Waals surface area (Å²) < 4.78 is 0. The highest BCUT2D eigenvalue weighted by atomic mass is 14.9. The van der Waals surface area contributed by atoms with E-state index in [9.17, 15) is 0 Å². The molecule has 0 aromatic rings. The maximum Gasteiger partial charge on any atom is 0.000802 e. The molecule has 3 rings (SSSR count). The van der Waals surface area contributed by atoms with E-state index >= 15 is 0 Å². The van der Waals surface area contributed by atoms with Crippen molar-refractivity contribution in [1.29, 1.82) is 0 Å². The largest absolute Gasteiger partial charge is 0.316 e. The van der Waals surface area contributed by atoms with E-state index < -0.39 is 0 Å². The number of fused-ring (bicyclic) bond motifs is 2. The predicted molar refractivity (Wildman–Crippen MR) is 77.5 cm³/mol. The average molecular weight is 249 g/mol. The summed E-state index contributed by atoms with van der Waals surface area (Å²) >= 11 is 0. The highest BCUT2D eigenvalue weighted by molar-refractivity contribution is 4.97. The summed E-state index contributed by atoms with van der Waals surface area (Å²) in [5.74, 6) is 4.15. The first kappa shape index (κ1) is 13.0. The molecular formula is C17H31N. The Morgan fingerprint density at radius 3 is 2.50 bits per heavy atom. The van der Waals surface area contributed by atoms with Crippen LogP contribution in [0.25, 0.3) is 0 Å². The molecule has 1 N–H and O–H groups in total. The molecule has 0 saturated heterocycles. The molecule has 0 heterocycles. The third-order valence-electron chi connectivity index (χ3n) is 6.05. The molecule has 0 aliphatic heterocycles. The van der Waals surface area contributed by atoms with Gasteiger partial charge < -0.3 is 5.32 Å². The van der Waals surface area contributed by atoms with E-state index in [1.165, 1.54) is 32.4 Å². The molecule has 1 nitrogen and oxygen atoms in total. The first-order valence-corrected chi connectivity index (χ1v) is 8.38. The minimum absolute atomic E-state index is 0.712. The molecule has 0 radical (unpaired) electrons. The van der Waals surface area contributed by atoms with Crippen LogP contribution >= 0.6 is 0 Å². The minimum Gasteiger partial charge on any atom is -0.316 e. The Hall–Kier alpha value is -0.0400. The molecule has 0 aromatic heterocycles. The number of rotatable bonds is 6. The number of hydrogen-bond acceptors (Lipinski definition) is 1. The molecular weight excluding hydrogens is 218 g/mol. The minimum atomic E-state index is 0.712. The van der Waals surface area contributed by atoms with Crippen molar-refractivity contribution in [3.63, 3.8) is 0 Å². The van der Waals surface area contributed by atoms with Crippen molar-refractivity contribution in [3.05, 3.63) is 0 Å². The monoisotopic (exact) mass is 249 g/mol. The Kier molecular flexibility index (Phi) is 3.71. The van der Waals surface area contributed by atoms with Gasteiger partial charge >= 0.3 is 0 Å². The van der Waals surface area contributed by atoms with Gasteiger partial charge in [-0.1, -0.05) is 26.7 Å². The molecule has 3 fully saturated rings. The second-order valence-electron chi connectivity index (χ2n) is 8.02. The van der Waals surface area contributed by atoms with E-state index in [2.05, 4.69) is 19.2 Å². The Morgan fingerprint density at radius 1 is 1.17 bits per heavy atom. The second kappa shape index (κ2) is 5.15. The van der Waals surface area contributed by atoms with Crippen LogP contribution in [0.2, 0.25) is 0 Å². The summed E-state index contributed by atoms with van der Waals surface area (Å²) in [6, 6.07) is 0. The van der Waals surface area contributed by atoms with Crippen molar-refractivity contribution in [3.8, 4) is 0 Å². The molecule has 3 aliphatic carbocycles. The van der Waals surface area contributed by atoms with Crippen LogP contribution in [0.5, 0.6) is 0 Å². The SMILES string of the molecule is CC(C)CNCC1(CC2CC3CCC2C3)CCC1. The quantitative estimate of drug-likeness (QED) is 0.743. The highest BCUT2D eigenvalue weighted by Gasteiger charge is 2.45. The fourth-order valence-electron chi connectivity index (χ4n) is 4.94. The van der Waals surface area contributed by atoms with Crippen molar-refractivity contribution in [2.75, 3.05) is 13.1 Å². The van der Waals surface area contributed by atoms with Crippen molar-refractivity contribution in [1.82, 2.24) is 5.32 Å². The summed E-state index contributed by atoms with van der Waals surface area (Å²) in [6.45, 7) is 7.14. The molecule has 3 aliphatic rings. The smallest absolute Gasteiger partial charge is 0.000802 e. The number of nitrogens with one attached hydrogen (secondary N) is 1. The molecule has 3 unspecified atom stereocenters. The van der Waals surface area contributed by atoms with E-state index in [-0.39, 0.29) is 0 Å². The van der Waals surface area contributed by atoms with Crippen molar-refractivity contribution >= 4 is 0 Å². The second-order valence-corrected chi connectivity index (χ2v) is 8.02. The Bertz CT molecular complexity index is 279. The van der Waals surface area contributed by atoms with Gasteiger partial charge in [-0.2, -0.15) is 0 Å². The van der Waals surface area contributed by atoms with Gasteiger partial charge in [0.15, 0.2) is 0 Å². The van der Waals surface area contributed by atoms with Crippen molar-refractivity contribution in [2.45, 2.75) is 65.2 Å². The Morgan fingerprint density at radius 2 is 2.00 bits per heavy atom. The van der Waals surface area contributed by atoms with Gasteiger partial charge in [0.2, 0.25) is 0 Å². The summed E-state index contributed by atoms with van der Waals surface area (Å²) in [4.78, 5) is 0. The summed E-state index contributed by atoms with van der Waals surface area (Å²) in [7, 11) is 0. The third-order valence-corrected chi connectivity index (χ3v) is 6.05. The fourth-order valence-corrected chi connectivity index (χ4v) is 4.94. The van der Waals surface area contributed by atoms with E-state index in [4.69, 9.17) is 0 Å². The molecule has 0 spiro atoms. The standard InChI is InChI=1S/C17H31N/c1-13(2)11-18-12-17(6-3-7-17)10-16-9-14-4-5-15(16)8-14/h13-16,18H,3-12H2,1-2H3. The predicted octanol–water partition coefficient (Wildman–Crippen LogP) is 4.23. The molecule has 104 valence electrons. The van der Waals surface area contributed by atoms with Gasteiger partial charge in [0.05, 0.1) is 0 Å². The van der Waals surface area contributed by atoms with Crippen LogP contribution in [-0.2, 0) is 0 Å². The van der Waals surface area contributed by atoms with Gasteiger partial charge in [0.1, 0.15) is 0 Å². The van der Waals surface area contributed by atoms with Crippen LogP contribution in [-0.4, -0.2) is 13.1 Å². The lowest BCUT2D eigenvalue weighted by molar-refractivity contribution is 0.0745. The molecule has 0 amide bonds. The van der Waals surface area contributed by atoms with Gasteiger partial charge in [0.25, 0.3) is 0 Å². The maximum atomic E-state index is 3.75. The van der Waals surface area contributed by atoms with Crippen LogP contribution in [0.4, 0.5) is 0 Å². The summed E-state index contributed by atoms with van der Waals surface area (Å²) in [6.07, 6.45) is 12.3. The van der Waals surface area contributed by atoms with E-state index in [0.717, 1.165) is 23.7 Å². The lowest BCUT2D eigenvalue weighted by Gasteiger charge is -2.45. The lowest BCUT2D eigenvalue weighted by Crippen LogP contribution is -2.42. The van der Waals surface area contributed by atoms with Crippen LogP contribution in [0, 0.1) is 29.1 Å². The van der Waals surface area contributed by atoms with Crippen molar-refractivity contribution in [2.24, 2.45) is 29.1 Å². The van der Waals surface area contributed by atoms with Gasteiger partial charge in [0, 0.05) is 6.54 Å². The summed E-state index contributed by atoms with van der Waals surface area (Å²) in [5, 5.41) is 3.75. The van der Waals surface area contributed by atoms with Crippen LogP contribution in [0.15, 0.2) is 0 Å².